The van der Waals surface area contributed by atoms with Gasteiger partial charge in [-0.25, -0.2) is 0 Å². The largest absolute Gasteiger partial charge is 0.462 e. The molecule has 0 aromatic carbocycles. The van der Waals surface area contributed by atoms with Crippen LogP contribution in [0.1, 0.15) is 348 Å². The molecule has 0 amide bonds. The zero-order valence-corrected chi connectivity index (χ0v) is 48.5. The molecule has 0 saturated heterocycles. The van der Waals surface area contributed by atoms with E-state index in [2.05, 4.69) is 57.2 Å². The quantitative estimate of drug-likeness (QED) is 0.0261. The molecule has 0 bridgehead atoms. The van der Waals surface area contributed by atoms with Crippen molar-refractivity contribution in [3.05, 3.63) is 36.5 Å². The molecule has 0 heterocycles. The minimum absolute atomic E-state index is 0.0736. The van der Waals surface area contributed by atoms with Crippen molar-refractivity contribution in [3.8, 4) is 0 Å². The molecule has 0 spiro atoms. The maximum absolute atomic E-state index is 12.8. The van der Waals surface area contributed by atoms with E-state index < -0.39 is 6.10 Å². The Kier molecular flexibility index (Phi) is 59.2. The van der Waals surface area contributed by atoms with Crippen LogP contribution in [-0.4, -0.2) is 37.2 Å². The van der Waals surface area contributed by atoms with Crippen molar-refractivity contribution in [3.63, 3.8) is 0 Å². The van der Waals surface area contributed by atoms with Crippen molar-refractivity contribution in [1.82, 2.24) is 0 Å². The molecule has 0 rings (SSSR count). The highest BCUT2D eigenvalue weighted by atomic mass is 16.6. The highest BCUT2D eigenvalue weighted by Gasteiger charge is 2.19. The average Bonchev–Trinajstić information content (AvgIpc) is 3.38. The molecule has 422 valence electrons. The molecular weight excluding hydrogens is 889 g/mol. The van der Waals surface area contributed by atoms with Gasteiger partial charge < -0.3 is 14.2 Å². The highest BCUT2D eigenvalue weighted by Crippen LogP contribution is 2.18. The number of unbranched alkanes of at least 4 members (excludes halogenated alkanes) is 42. The van der Waals surface area contributed by atoms with Gasteiger partial charge in [0.2, 0.25) is 0 Å². The van der Waals surface area contributed by atoms with Crippen molar-refractivity contribution in [2.75, 3.05) is 13.2 Å². The maximum Gasteiger partial charge on any atom is 0.306 e. The monoisotopic (exact) mass is 1010 g/mol. The summed E-state index contributed by atoms with van der Waals surface area (Å²) in [5, 5.41) is 0. The van der Waals surface area contributed by atoms with Crippen LogP contribution in [0.25, 0.3) is 0 Å². The Morgan fingerprint density at radius 3 is 0.833 bits per heavy atom. The fourth-order valence-corrected chi connectivity index (χ4v) is 9.54. The lowest BCUT2D eigenvalue weighted by Crippen LogP contribution is -2.30. The Labute approximate surface area is 448 Å². The van der Waals surface area contributed by atoms with Gasteiger partial charge in [-0.1, -0.05) is 295 Å². The fraction of sp³-hybridized carbons (Fsp3) is 0.864. The summed E-state index contributed by atoms with van der Waals surface area (Å²) in [4.78, 5) is 38.0. The first-order valence-electron chi connectivity index (χ1n) is 32.0. The molecule has 0 fully saturated rings. The standard InChI is InChI=1S/C66H122O6/c1-4-7-10-13-16-19-21-23-24-25-26-27-28-29-30-31-32-33-34-35-36-37-38-39-40-41-42-44-45-47-50-53-56-59-65(68)71-62-63(61-70-64(67)58-55-52-49-18-15-12-9-6-3)72-66(69)60-57-54-51-48-46-43-22-20-17-14-11-8-5-2/h11,14,20,22,25-26,63H,4-10,12-13,15-19,21,23-24,27-62H2,1-3H3/b14-11-,22-20-,26-25-. The molecule has 0 radical (unpaired) electrons. The van der Waals surface area contributed by atoms with Crippen LogP contribution in [0.15, 0.2) is 36.5 Å². The Hall–Kier alpha value is -2.37. The second kappa shape index (κ2) is 61.2. The Bertz CT molecular complexity index is 1210. The summed E-state index contributed by atoms with van der Waals surface area (Å²) in [6.45, 7) is 6.57. The summed E-state index contributed by atoms with van der Waals surface area (Å²) in [6, 6.07) is 0. The third kappa shape index (κ3) is 58.5. The number of carbonyl (C=O) groups excluding carboxylic acids is 3. The number of carbonyl (C=O) groups is 3. The Morgan fingerprint density at radius 1 is 0.278 bits per heavy atom. The van der Waals surface area contributed by atoms with E-state index in [0.717, 1.165) is 89.9 Å². The molecule has 0 saturated carbocycles. The average molecular weight is 1010 g/mol. The molecule has 72 heavy (non-hydrogen) atoms. The number of hydrogen-bond acceptors (Lipinski definition) is 6. The van der Waals surface area contributed by atoms with E-state index in [1.807, 2.05) is 0 Å². The molecular formula is C66H122O6. The number of rotatable bonds is 59. The van der Waals surface area contributed by atoms with Gasteiger partial charge >= 0.3 is 17.9 Å². The molecule has 6 nitrogen and oxygen atoms in total. The summed E-state index contributed by atoms with van der Waals surface area (Å²) in [7, 11) is 0. The van der Waals surface area contributed by atoms with Crippen LogP contribution >= 0.6 is 0 Å². The van der Waals surface area contributed by atoms with Crippen molar-refractivity contribution in [1.29, 1.82) is 0 Å². The van der Waals surface area contributed by atoms with Crippen LogP contribution in [0, 0.1) is 0 Å². The van der Waals surface area contributed by atoms with Crippen LogP contribution in [0.3, 0.4) is 0 Å². The van der Waals surface area contributed by atoms with Crippen LogP contribution in [-0.2, 0) is 28.6 Å². The number of esters is 3. The third-order valence-corrected chi connectivity index (χ3v) is 14.3. The summed E-state index contributed by atoms with van der Waals surface area (Å²) in [5.41, 5.74) is 0. The Balaban J connectivity index is 3.95. The SMILES string of the molecule is CCC/C=C\C/C=C\CCCCCCCC(=O)OC(COC(=O)CCCCCCCCCC)COC(=O)CCCCCCCCCCCCCCCCCCCCCCC/C=C\CCCCCCCCCC. The van der Waals surface area contributed by atoms with Crippen LogP contribution < -0.4 is 0 Å². The van der Waals surface area contributed by atoms with Crippen LogP contribution in [0.2, 0.25) is 0 Å². The van der Waals surface area contributed by atoms with Crippen LogP contribution in [0.5, 0.6) is 0 Å². The van der Waals surface area contributed by atoms with Gasteiger partial charge in [-0.3, -0.25) is 14.4 Å². The minimum atomic E-state index is -0.774. The fourth-order valence-electron chi connectivity index (χ4n) is 9.54. The van der Waals surface area contributed by atoms with Gasteiger partial charge in [-0.15, -0.1) is 0 Å². The Morgan fingerprint density at radius 2 is 0.528 bits per heavy atom. The second-order valence-corrected chi connectivity index (χ2v) is 21.7. The van der Waals surface area contributed by atoms with Gasteiger partial charge in [0, 0.05) is 19.3 Å². The zero-order valence-electron chi connectivity index (χ0n) is 48.5. The van der Waals surface area contributed by atoms with Gasteiger partial charge in [0.05, 0.1) is 0 Å². The van der Waals surface area contributed by atoms with E-state index in [1.54, 1.807) is 0 Å². The second-order valence-electron chi connectivity index (χ2n) is 21.7. The minimum Gasteiger partial charge on any atom is -0.462 e. The normalized spacial score (nSPS) is 12.2. The summed E-state index contributed by atoms with van der Waals surface area (Å²) in [6.07, 6.45) is 74.9. The van der Waals surface area contributed by atoms with Crippen molar-refractivity contribution in [2.24, 2.45) is 0 Å². The third-order valence-electron chi connectivity index (χ3n) is 14.3. The van der Waals surface area contributed by atoms with Crippen molar-refractivity contribution in [2.45, 2.75) is 354 Å². The summed E-state index contributed by atoms with van der Waals surface area (Å²) >= 11 is 0. The van der Waals surface area contributed by atoms with E-state index in [9.17, 15) is 14.4 Å². The molecule has 1 atom stereocenters. The lowest BCUT2D eigenvalue weighted by Gasteiger charge is -2.18. The summed E-state index contributed by atoms with van der Waals surface area (Å²) < 4.78 is 16.8. The first kappa shape index (κ1) is 69.6. The lowest BCUT2D eigenvalue weighted by molar-refractivity contribution is -0.167. The van der Waals surface area contributed by atoms with E-state index in [1.165, 1.54) is 218 Å². The van der Waals surface area contributed by atoms with Crippen molar-refractivity contribution >= 4 is 17.9 Å². The molecule has 0 aliphatic rings. The number of hydrogen-bond donors (Lipinski definition) is 0. The van der Waals surface area contributed by atoms with E-state index in [0.29, 0.717) is 19.3 Å². The predicted molar refractivity (Wildman–Crippen MR) is 312 cm³/mol. The molecule has 0 aromatic heterocycles. The lowest BCUT2D eigenvalue weighted by atomic mass is 10.0. The van der Waals surface area contributed by atoms with Gasteiger partial charge in [0.1, 0.15) is 13.2 Å². The molecule has 0 aliphatic heterocycles. The van der Waals surface area contributed by atoms with Gasteiger partial charge in [-0.05, 0) is 70.6 Å². The van der Waals surface area contributed by atoms with Gasteiger partial charge in [0.15, 0.2) is 6.10 Å². The van der Waals surface area contributed by atoms with E-state index >= 15 is 0 Å². The van der Waals surface area contributed by atoms with E-state index in [-0.39, 0.29) is 31.1 Å². The molecule has 0 aliphatic carbocycles. The molecule has 0 aromatic rings. The summed E-state index contributed by atoms with van der Waals surface area (Å²) in [5.74, 6) is -0.876. The molecule has 0 N–H and O–H groups in total. The highest BCUT2D eigenvalue weighted by molar-refractivity contribution is 5.71. The smallest absolute Gasteiger partial charge is 0.306 e. The first-order chi connectivity index (χ1) is 35.5. The topological polar surface area (TPSA) is 78.9 Å². The number of allylic oxidation sites excluding steroid dienone is 6. The molecule has 6 heteroatoms. The van der Waals surface area contributed by atoms with Crippen molar-refractivity contribution < 1.29 is 28.6 Å². The van der Waals surface area contributed by atoms with E-state index in [4.69, 9.17) is 14.2 Å². The zero-order chi connectivity index (χ0) is 52.2. The molecule has 1 unspecified atom stereocenters. The predicted octanol–water partition coefficient (Wildman–Crippen LogP) is 21.6. The number of ether oxygens (including phenoxy) is 3. The first-order valence-corrected chi connectivity index (χ1v) is 32.0. The van der Waals surface area contributed by atoms with Gasteiger partial charge in [0.25, 0.3) is 0 Å². The van der Waals surface area contributed by atoms with Gasteiger partial charge in [-0.2, -0.15) is 0 Å². The maximum atomic E-state index is 12.8. The van der Waals surface area contributed by atoms with Crippen LogP contribution in [0.4, 0.5) is 0 Å².